The van der Waals surface area contributed by atoms with Crippen LogP contribution in [0.3, 0.4) is 0 Å². The second-order valence-corrected chi connectivity index (χ2v) is 3.02. The van der Waals surface area contributed by atoms with E-state index in [-0.39, 0.29) is 0 Å². The first-order valence-corrected chi connectivity index (χ1v) is 4.08. The Kier molecular flexibility index (Phi) is 1.61. The number of rotatable bonds is 0. The standard InChI is InChI=1S/C10H12NO/c1-8-11(2)9-6-4-3-5-7-10(9)12-8/h3-7,9H,1-2H3/q+1. The zero-order valence-corrected chi connectivity index (χ0v) is 7.32. The molecule has 1 aliphatic carbocycles. The summed E-state index contributed by atoms with van der Waals surface area (Å²) in [6, 6.07) is 0.292. The predicted molar refractivity (Wildman–Crippen MR) is 48.1 cm³/mol. The summed E-state index contributed by atoms with van der Waals surface area (Å²) in [5.74, 6) is 1.98. The van der Waals surface area contributed by atoms with Gasteiger partial charge >= 0.3 is 5.90 Å². The van der Waals surface area contributed by atoms with Gasteiger partial charge in [0.25, 0.3) is 0 Å². The van der Waals surface area contributed by atoms with E-state index >= 15 is 0 Å². The topological polar surface area (TPSA) is 12.2 Å². The molecule has 0 amide bonds. The Morgan fingerprint density at radius 2 is 2.17 bits per heavy atom. The maximum atomic E-state index is 5.56. The fourth-order valence-electron chi connectivity index (χ4n) is 1.43. The van der Waals surface area contributed by atoms with Crippen LogP contribution >= 0.6 is 0 Å². The first-order valence-electron chi connectivity index (χ1n) is 4.08. The molecule has 12 heavy (non-hydrogen) atoms. The summed E-state index contributed by atoms with van der Waals surface area (Å²) in [6.45, 7) is 1.98. The van der Waals surface area contributed by atoms with E-state index in [1.54, 1.807) is 0 Å². The van der Waals surface area contributed by atoms with Gasteiger partial charge in [0, 0.05) is 0 Å². The van der Waals surface area contributed by atoms with E-state index in [1.165, 1.54) is 0 Å². The minimum Gasteiger partial charge on any atom is -0.406 e. The van der Waals surface area contributed by atoms with Crippen LogP contribution in [0.25, 0.3) is 0 Å². The molecule has 1 unspecified atom stereocenters. The van der Waals surface area contributed by atoms with Crippen LogP contribution in [-0.2, 0) is 4.74 Å². The molecule has 1 aliphatic heterocycles. The maximum absolute atomic E-state index is 5.56. The molecule has 0 bridgehead atoms. The summed E-state index contributed by atoms with van der Waals surface area (Å²) in [6.07, 6.45) is 10.2. The van der Waals surface area contributed by atoms with Crippen LogP contribution in [0.2, 0.25) is 0 Å². The van der Waals surface area contributed by atoms with Crippen molar-refractivity contribution in [2.75, 3.05) is 7.05 Å². The molecule has 0 aromatic heterocycles. The smallest absolute Gasteiger partial charge is 0.339 e. The molecule has 0 aromatic rings. The zero-order chi connectivity index (χ0) is 8.55. The van der Waals surface area contributed by atoms with Crippen molar-refractivity contribution in [3.63, 3.8) is 0 Å². The molecule has 0 aromatic carbocycles. The van der Waals surface area contributed by atoms with Crippen molar-refractivity contribution < 1.29 is 9.31 Å². The minimum atomic E-state index is 0.292. The minimum absolute atomic E-state index is 0.292. The lowest BCUT2D eigenvalue weighted by Crippen LogP contribution is -2.18. The summed E-state index contributed by atoms with van der Waals surface area (Å²) in [4.78, 5) is 0. The first kappa shape index (κ1) is 7.35. The normalized spacial score (nSPS) is 26.5. The molecule has 0 spiro atoms. The summed E-state index contributed by atoms with van der Waals surface area (Å²) in [7, 11) is 2.04. The Balaban J connectivity index is 2.40. The average Bonchev–Trinajstić information content (AvgIpc) is 2.30. The largest absolute Gasteiger partial charge is 0.406 e. The molecule has 0 saturated heterocycles. The van der Waals surface area contributed by atoms with Crippen molar-refractivity contribution in [3.05, 3.63) is 36.1 Å². The van der Waals surface area contributed by atoms with Crippen molar-refractivity contribution in [1.29, 1.82) is 0 Å². The molecular weight excluding hydrogens is 150 g/mol. The van der Waals surface area contributed by atoms with E-state index in [4.69, 9.17) is 4.74 Å². The molecular formula is C10H12NO+. The van der Waals surface area contributed by atoms with E-state index in [0.717, 1.165) is 11.7 Å². The van der Waals surface area contributed by atoms with Gasteiger partial charge in [0.2, 0.25) is 6.04 Å². The summed E-state index contributed by atoms with van der Waals surface area (Å²) in [5, 5.41) is 0. The number of nitrogens with zero attached hydrogens (tertiary/aromatic N) is 1. The summed E-state index contributed by atoms with van der Waals surface area (Å²) < 4.78 is 7.68. The van der Waals surface area contributed by atoms with Gasteiger partial charge in [0.05, 0.1) is 6.92 Å². The second-order valence-electron chi connectivity index (χ2n) is 3.02. The third kappa shape index (κ3) is 0.998. The van der Waals surface area contributed by atoms with Gasteiger partial charge in [-0.15, -0.1) is 0 Å². The molecule has 0 radical (unpaired) electrons. The van der Waals surface area contributed by atoms with Crippen LogP contribution in [0.15, 0.2) is 36.1 Å². The van der Waals surface area contributed by atoms with Gasteiger partial charge in [-0.05, 0) is 12.2 Å². The van der Waals surface area contributed by atoms with Crippen molar-refractivity contribution in [2.45, 2.75) is 13.0 Å². The van der Waals surface area contributed by atoms with E-state index in [1.807, 2.05) is 38.3 Å². The molecule has 2 aliphatic rings. The van der Waals surface area contributed by atoms with Gasteiger partial charge in [-0.1, -0.05) is 18.2 Å². The van der Waals surface area contributed by atoms with E-state index in [2.05, 4.69) is 10.7 Å². The Bertz CT molecular complexity index is 321. The number of hydrogen-bond donors (Lipinski definition) is 0. The number of hydrogen-bond acceptors (Lipinski definition) is 1. The van der Waals surface area contributed by atoms with E-state index in [0.29, 0.717) is 6.04 Å². The van der Waals surface area contributed by atoms with Crippen LogP contribution in [0, 0.1) is 0 Å². The van der Waals surface area contributed by atoms with E-state index < -0.39 is 0 Å². The SMILES string of the molecule is CC1=[N+](C)C2C=CC=CC=C2O1. The Morgan fingerprint density at radius 3 is 3.00 bits per heavy atom. The Morgan fingerprint density at radius 1 is 1.33 bits per heavy atom. The summed E-state index contributed by atoms with van der Waals surface area (Å²) in [5.41, 5.74) is 0. The van der Waals surface area contributed by atoms with Crippen molar-refractivity contribution in [1.82, 2.24) is 0 Å². The van der Waals surface area contributed by atoms with Crippen LogP contribution in [0.4, 0.5) is 0 Å². The Hall–Kier alpha value is -1.31. The highest BCUT2D eigenvalue weighted by Gasteiger charge is 2.32. The molecule has 0 N–H and O–H groups in total. The predicted octanol–water partition coefficient (Wildman–Crippen LogP) is 1.46. The highest BCUT2D eigenvalue weighted by Crippen LogP contribution is 2.19. The van der Waals surface area contributed by atoms with Crippen molar-refractivity contribution in [2.24, 2.45) is 0 Å². The monoisotopic (exact) mass is 162 g/mol. The van der Waals surface area contributed by atoms with Gasteiger partial charge in [0.1, 0.15) is 7.05 Å². The quantitative estimate of drug-likeness (QED) is 0.491. The second kappa shape index (κ2) is 2.63. The zero-order valence-electron chi connectivity index (χ0n) is 7.32. The highest BCUT2D eigenvalue weighted by atomic mass is 16.5. The molecule has 0 fully saturated rings. The van der Waals surface area contributed by atoms with Gasteiger partial charge in [-0.3, -0.25) is 0 Å². The molecule has 2 nitrogen and oxygen atoms in total. The number of fused-ring (bicyclic) bond motifs is 1. The fraction of sp³-hybridized carbons (Fsp3) is 0.300. The average molecular weight is 162 g/mol. The van der Waals surface area contributed by atoms with Gasteiger partial charge < -0.3 is 4.74 Å². The lowest BCUT2D eigenvalue weighted by atomic mass is 10.2. The van der Waals surface area contributed by atoms with Crippen LogP contribution in [0.1, 0.15) is 6.92 Å². The summed E-state index contributed by atoms with van der Waals surface area (Å²) >= 11 is 0. The van der Waals surface area contributed by atoms with Gasteiger partial charge in [-0.2, -0.15) is 4.58 Å². The van der Waals surface area contributed by atoms with Gasteiger partial charge in [0.15, 0.2) is 5.76 Å². The highest BCUT2D eigenvalue weighted by molar-refractivity contribution is 5.71. The molecule has 2 rings (SSSR count). The number of ether oxygens (including phenoxy) is 1. The lowest BCUT2D eigenvalue weighted by Gasteiger charge is -1.97. The lowest BCUT2D eigenvalue weighted by molar-refractivity contribution is -0.510. The third-order valence-corrected chi connectivity index (χ3v) is 2.25. The van der Waals surface area contributed by atoms with Crippen LogP contribution in [-0.4, -0.2) is 23.6 Å². The van der Waals surface area contributed by atoms with E-state index in [9.17, 15) is 0 Å². The van der Waals surface area contributed by atoms with Crippen molar-refractivity contribution >= 4 is 5.90 Å². The first-order chi connectivity index (χ1) is 5.79. The third-order valence-electron chi connectivity index (χ3n) is 2.25. The molecule has 1 atom stereocenters. The Labute approximate surface area is 72.2 Å². The number of allylic oxidation sites excluding steroid dienone is 4. The molecule has 1 heterocycles. The van der Waals surface area contributed by atoms with Crippen LogP contribution in [0.5, 0.6) is 0 Å². The van der Waals surface area contributed by atoms with Crippen LogP contribution < -0.4 is 0 Å². The van der Waals surface area contributed by atoms with Gasteiger partial charge in [-0.25, -0.2) is 0 Å². The maximum Gasteiger partial charge on any atom is 0.339 e. The molecule has 2 heteroatoms. The van der Waals surface area contributed by atoms with Crippen molar-refractivity contribution in [3.8, 4) is 0 Å². The number of likely N-dealkylation sites (N-methyl/N-ethyl adjacent to an activating group) is 1. The molecule has 0 saturated carbocycles. The molecule has 62 valence electrons. The fourth-order valence-corrected chi connectivity index (χ4v) is 1.43.